The molecule has 5 atom stereocenters. The number of carbonyl (C=O) groups is 9. The fraction of sp³-hybridized carbons (Fsp3) is 0.531. The Hall–Kier alpha value is -4.65. The average molecular weight is 751 g/mol. The molecule has 1 fully saturated rings. The van der Waals surface area contributed by atoms with Gasteiger partial charge in [0.1, 0.15) is 24.2 Å². The van der Waals surface area contributed by atoms with Gasteiger partial charge in [0.15, 0.2) is 5.78 Å². The van der Waals surface area contributed by atoms with E-state index in [0.29, 0.717) is 12.0 Å². The molecule has 0 spiro atoms. The lowest BCUT2D eigenvalue weighted by Gasteiger charge is -2.24. The zero-order chi connectivity index (χ0) is 37.9. The number of primary amides is 1. The topological polar surface area (TPSA) is 264 Å². The summed E-state index contributed by atoms with van der Waals surface area (Å²) < 4.78 is 0. The molecule has 1 heterocycles. The molecule has 9 N–H and O–H groups in total. The minimum absolute atomic E-state index is 0.00129. The van der Waals surface area contributed by atoms with Gasteiger partial charge in [0.25, 0.3) is 0 Å². The summed E-state index contributed by atoms with van der Waals surface area (Å²) in [5.41, 5.74) is 6.13. The van der Waals surface area contributed by atoms with Crippen molar-refractivity contribution in [3.8, 4) is 0 Å². The summed E-state index contributed by atoms with van der Waals surface area (Å²) in [6, 6.07) is 4.27. The molecule has 280 valence electrons. The number of amides is 8. The van der Waals surface area contributed by atoms with E-state index in [-0.39, 0.29) is 41.1 Å². The Morgan fingerprint density at radius 2 is 1.35 bits per heavy atom. The van der Waals surface area contributed by atoms with Crippen LogP contribution in [0.5, 0.6) is 0 Å². The SMILES string of the molecule is CC[C@H](C)[C@@H]1NC(=O)CNC(=O)[C@@H](NC(C)=O)CSCC(=O)CSC[C@@H](C(N)=O)NC(=O)CNC(=O)[C@@H](Cc2ccccc2)NC(=O)CNC1=O. The van der Waals surface area contributed by atoms with E-state index < -0.39 is 91.1 Å². The first-order valence-corrected chi connectivity index (χ1v) is 18.5. The van der Waals surface area contributed by atoms with Crippen molar-refractivity contribution in [2.75, 3.05) is 42.6 Å². The summed E-state index contributed by atoms with van der Waals surface area (Å²) in [6.07, 6.45) is 0.518. The van der Waals surface area contributed by atoms with Gasteiger partial charge < -0.3 is 43.0 Å². The zero-order valence-electron chi connectivity index (χ0n) is 28.7. The highest BCUT2D eigenvalue weighted by molar-refractivity contribution is 8.01. The molecule has 19 heteroatoms. The number of rotatable bonds is 6. The number of carbonyl (C=O) groups excluding carboxylic acids is 9. The second kappa shape index (κ2) is 22.2. The van der Waals surface area contributed by atoms with Crippen molar-refractivity contribution >= 4 is 76.6 Å². The molecule has 1 aliphatic rings. The van der Waals surface area contributed by atoms with E-state index in [9.17, 15) is 43.2 Å². The highest BCUT2D eigenvalue weighted by Crippen LogP contribution is 2.10. The Morgan fingerprint density at radius 3 is 1.94 bits per heavy atom. The van der Waals surface area contributed by atoms with Gasteiger partial charge in [-0.3, -0.25) is 43.2 Å². The predicted molar refractivity (Wildman–Crippen MR) is 191 cm³/mol. The van der Waals surface area contributed by atoms with E-state index in [1.165, 1.54) is 6.92 Å². The monoisotopic (exact) mass is 750 g/mol. The van der Waals surface area contributed by atoms with Gasteiger partial charge in [-0.15, -0.1) is 0 Å². The molecule has 17 nitrogen and oxygen atoms in total. The van der Waals surface area contributed by atoms with Gasteiger partial charge in [-0.1, -0.05) is 50.6 Å². The molecule has 0 radical (unpaired) electrons. The lowest BCUT2D eigenvalue weighted by atomic mass is 9.98. The van der Waals surface area contributed by atoms with E-state index in [2.05, 4.69) is 37.2 Å². The van der Waals surface area contributed by atoms with Crippen LogP contribution < -0.4 is 43.0 Å². The molecule has 0 bridgehead atoms. The van der Waals surface area contributed by atoms with E-state index >= 15 is 0 Å². The van der Waals surface area contributed by atoms with Crippen LogP contribution in [-0.4, -0.2) is 120 Å². The van der Waals surface area contributed by atoms with E-state index in [0.717, 1.165) is 23.5 Å². The summed E-state index contributed by atoms with van der Waals surface area (Å²) in [5.74, 6) is -6.38. The molecular weight excluding hydrogens is 705 g/mol. The highest BCUT2D eigenvalue weighted by atomic mass is 32.2. The standard InChI is InChI=1S/C32H46N8O9S2/c1-4-18(2)28-32(49)36-12-25(43)38-22(10-20-8-6-5-7-9-20)30(47)34-11-26(44)39-23(29(33)46)16-50-14-21(42)15-51-17-24(37-19(3)41)31(48)35-13-27(45)40-28/h5-9,18,22-24,28H,4,10-17H2,1-3H3,(H2,33,46)(H,34,47)(H,35,48)(H,36,49)(H,37,41)(H,38,43)(H,39,44)(H,40,45)/t18-,22+,23-,24-,28-/m0/s1. The Labute approximate surface area is 304 Å². The van der Waals surface area contributed by atoms with Crippen molar-refractivity contribution in [3.05, 3.63) is 35.9 Å². The Kier molecular flexibility index (Phi) is 18.5. The normalized spacial score (nSPS) is 23.6. The second-order valence-electron chi connectivity index (χ2n) is 11.7. The Bertz CT molecular complexity index is 1430. The molecule has 8 amide bonds. The van der Waals surface area contributed by atoms with Crippen LogP contribution in [0.1, 0.15) is 32.8 Å². The third kappa shape index (κ3) is 16.3. The lowest BCUT2D eigenvalue weighted by molar-refractivity contribution is -0.133. The number of thioether (sulfide) groups is 2. The molecule has 1 saturated heterocycles. The van der Waals surface area contributed by atoms with Crippen molar-refractivity contribution < 1.29 is 43.2 Å². The maximum absolute atomic E-state index is 13.2. The van der Waals surface area contributed by atoms with Crippen LogP contribution in [0.4, 0.5) is 0 Å². The highest BCUT2D eigenvalue weighted by Gasteiger charge is 2.29. The lowest BCUT2D eigenvalue weighted by Crippen LogP contribution is -2.56. The molecule has 1 aliphatic heterocycles. The van der Waals surface area contributed by atoms with Crippen LogP contribution in [0.25, 0.3) is 0 Å². The number of ketones is 1. The number of hydrogen-bond acceptors (Lipinski definition) is 11. The van der Waals surface area contributed by atoms with Crippen LogP contribution in [0, 0.1) is 5.92 Å². The molecule has 0 unspecified atom stereocenters. The van der Waals surface area contributed by atoms with Crippen LogP contribution in [-0.2, 0) is 49.6 Å². The third-order valence-corrected chi connectivity index (χ3v) is 9.67. The summed E-state index contributed by atoms with van der Waals surface area (Å²) in [5, 5.41) is 17.4. The van der Waals surface area contributed by atoms with Gasteiger partial charge in [0.05, 0.1) is 31.1 Å². The van der Waals surface area contributed by atoms with E-state index in [1.807, 2.05) is 0 Å². The van der Waals surface area contributed by atoms with E-state index in [1.54, 1.807) is 44.2 Å². The van der Waals surface area contributed by atoms with Crippen molar-refractivity contribution in [1.82, 2.24) is 37.2 Å². The first kappa shape index (κ1) is 42.5. The first-order valence-electron chi connectivity index (χ1n) is 16.2. The van der Waals surface area contributed by atoms with Crippen molar-refractivity contribution in [3.63, 3.8) is 0 Å². The molecule has 51 heavy (non-hydrogen) atoms. The minimum atomic E-state index is -1.16. The summed E-state index contributed by atoms with van der Waals surface area (Å²) >= 11 is 2.11. The predicted octanol–water partition coefficient (Wildman–Crippen LogP) is -2.88. The van der Waals surface area contributed by atoms with Crippen molar-refractivity contribution in [2.24, 2.45) is 11.7 Å². The zero-order valence-corrected chi connectivity index (χ0v) is 30.3. The number of hydrogen-bond donors (Lipinski definition) is 8. The van der Waals surface area contributed by atoms with Crippen LogP contribution in [0.3, 0.4) is 0 Å². The summed E-state index contributed by atoms with van der Waals surface area (Å²) in [4.78, 5) is 114. The average Bonchev–Trinajstić information content (AvgIpc) is 3.09. The van der Waals surface area contributed by atoms with E-state index in [4.69, 9.17) is 5.73 Å². The quantitative estimate of drug-likeness (QED) is 0.146. The molecular formula is C32H46N8O9S2. The summed E-state index contributed by atoms with van der Waals surface area (Å²) in [6.45, 7) is 3.10. The largest absolute Gasteiger partial charge is 0.368 e. The van der Waals surface area contributed by atoms with Crippen molar-refractivity contribution in [2.45, 2.75) is 57.8 Å². The maximum Gasteiger partial charge on any atom is 0.243 e. The van der Waals surface area contributed by atoms with Gasteiger partial charge in [-0.25, -0.2) is 0 Å². The minimum Gasteiger partial charge on any atom is -0.368 e. The second-order valence-corrected chi connectivity index (χ2v) is 13.8. The smallest absolute Gasteiger partial charge is 0.243 e. The number of nitrogens with two attached hydrogens (primary N) is 1. The van der Waals surface area contributed by atoms with Gasteiger partial charge in [0.2, 0.25) is 47.3 Å². The molecule has 0 saturated carbocycles. The third-order valence-electron chi connectivity index (χ3n) is 7.48. The van der Waals surface area contributed by atoms with Crippen LogP contribution in [0.15, 0.2) is 30.3 Å². The summed E-state index contributed by atoms with van der Waals surface area (Å²) in [7, 11) is 0. The molecule has 1 aromatic rings. The number of nitrogens with one attached hydrogen (secondary N) is 7. The molecule has 0 aliphatic carbocycles. The molecule has 1 aromatic carbocycles. The fourth-order valence-electron chi connectivity index (χ4n) is 4.58. The van der Waals surface area contributed by atoms with Crippen LogP contribution >= 0.6 is 23.5 Å². The Balaban J connectivity index is 2.28. The van der Waals surface area contributed by atoms with Gasteiger partial charge in [0, 0.05) is 24.9 Å². The molecule has 2 rings (SSSR count). The number of Topliss-reactive ketones (excluding diaryl/α,β-unsaturated/α-hetero) is 1. The molecule has 0 aromatic heterocycles. The van der Waals surface area contributed by atoms with Crippen LogP contribution in [0.2, 0.25) is 0 Å². The maximum atomic E-state index is 13.2. The number of benzene rings is 1. The van der Waals surface area contributed by atoms with Gasteiger partial charge >= 0.3 is 0 Å². The first-order chi connectivity index (χ1) is 24.2. The Morgan fingerprint density at radius 1 is 0.804 bits per heavy atom. The van der Waals surface area contributed by atoms with Gasteiger partial charge in [-0.05, 0) is 11.5 Å². The van der Waals surface area contributed by atoms with Crippen molar-refractivity contribution in [1.29, 1.82) is 0 Å². The van der Waals surface area contributed by atoms with Gasteiger partial charge in [-0.2, -0.15) is 23.5 Å². The fourth-order valence-corrected chi connectivity index (χ4v) is 6.56.